The van der Waals surface area contributed by atoms with E-state index in [0.717, 1.165) is 12.8 Å². The van der Waals surface area contributed by atoms with Crippen molar-refractivity contribution in [1.29, 1.82) is 0 Å². The summed E-state index contributed by atoms with van der Waals surface area (Å²) < 4.78 is 0. The molecule has 0 aromatic heterocycles. The maximum absolute atomic E-state index is 12.2. The van der Waals surface area contributed by atoms with Gasteiger partial charge >= 0.3 is 0 Å². The van der Waals surface area contributed by atoms with Gasteiger partial charge in [0, 0.05) is 5.56 Å². The smallest absolute Gasteiger partial charge is 0.265 e. The number of unbranched alkanes of at least 4 members (excludes halogenated alkanes) is 4. The van der Waals surface area contributed by atoms with Crippen molar-refractivity contribution in [3.8, 4) is 0 Å². The van der Waals surface area contributed by atoms with Crippen molar-refractivity contribution in [3.63, 3.8) is 0 Å². The van der Waals surface area contributed by atoms with E-state index in [2.05, 4.69) is 49.0 Å². The molecule has 3 heteroatoms. The van der Waals surface area contributed by atoms with Crippen molar-refractivity contribution in [1.82, 2.24) is 10.9 Å². The largest absolute Gasteiger partial charge is 0.287 e. The van der Waals surface area contributed by atoms with Crippen LogP contribution in [-0.2, 0) is 6.42 Å². The van der Waals surface area contributed by atoms with E-state index in [4.69, 9.17) is 0 Å². The molecule has 2 aromatic carbocycles. The van der Waals surface area contributed by atoms with Crippen molar-refractivity contribution in [2.24, 2.45) is 0 Å². The van der Waals surface area contributed by atoms with Gasteiger partial charge in [-0.1, -0.05) is 82.0 Å². The standard InChI is InChI=1S/C23H32N2O/c1-3-5-6-7-9-12-19-15-17-20(18-16-19)22(4-2)24-25-23(26)21-13-10-8-11-14-21/h8,10-11,13-18,22,24H,3-7,9,12H2,1-2H3,(H,25,26)/t22-/m0/s1. The topological polar surface area (TPSA) is 41.1 Å². The minimum atomic E-state index is -0.104. The molecule has 1 amide bonds. The number of hydrogen-bond donors (Lipinski definition) is 2. The molecule has 1 atom stereocenters. The Morgan fingerprint density at radius 2 is 1.58 bits per heavy atom. The quantitative estimate of drug-likeness (QED) is 0.409. The van der Waals surface area contributed by atoms with Crippen molar-refractivity contribution < 1.29 is 4.79 Å². The van der Waals surface area contributed by atoms with Crippen LogP contribution in [0.5, 0.6) is 0 Å². The predicted octanol–water partition coefficient (Wildman–Crippen LogP) is 5.59. The van der Waals surface area contributed by atoms with E-state index in [0.29, 0.717) is 5.56 Å². The highest BCUT2D eigenvalue weighted by molar-refractivity contribution is 5.93. The zero-order valence-electron chi connectivity index (χ0n) is 16.1. The average molecular weight is 353 g/mol. The first kappa shape index (κ1) is 20.2. The number of carbonyl (C=O) groups is 1. The lowest BCUT2D eigenvalue weighted by molar-refractivity contribution is 0.0924. The van der Waals surface area contributed by atoms with Gasteiger partial charge in [0.25, 0.3) is 5.91 Å². The first-order chi connectivity index (χ1) is 12.7. The van der Waals surface area contributed by atoms with Crippen molar-refractivity contribution in [3.05, 3.63) is 71.3 Å². The van der Waals surface area contributed by atoms with Crippen LogP contribution in [0.3, 0.4) is 0 Å². The van der Waals surface area contributed by atoms with E-state index in [1.165, 1.54) is 43.2 Å². The van der Waals surface area contributed by atoms with E-state index < -0.39 is 0 Å². The number of nitrogens with one attached hydrogen (secondary N) is 2. The number of amides is 1. The Morgan fingerprint density at radius 3 is 2.23 bits per heavy atom. The van der Waals surface area contributed by atoms with Gasteiger partial charge in [0.1, 0.15) is 0 Å². The van der Waals surface area contributed by atoms with Gasteiger partial charge < -0.3 is 0 Å². The van der Waals surface area contributed by atoms with Crippen LogP contribution in [0.15, 0.2) is 54.6 Å². The van der Waals surface area contributed by atoms with E-state index >= 15 is 0 Å². The van der Waals surface area contributed by atoms with E-state index in [9.17, 15) is 4.79 Å². The van der Waals surface area contributed by atoms with Crippen LogP contribution in [0, 0.1) is 0 Å². The fourth-order valence-corrected chi connectivity index (χ4v) is 3.08. The lowest BCUT2D eigenvalue weighted by Gasteiger charge is -2.18. The molecule has 2 N–H and O–H groups in total. The third-order valence-corrected chi connectivity index (χ3v) is 4.76. The molecule has 0 aliphatic heterocycles. The first-order valence-electron chi connectivity index (χ1n) is 9.94. The number of benzene rings is 2. The van der Waals surface area contributed by atoms with Crippen LogP contribution in [0.4, 0.5) is 0 Å². The zero-order chi connectivity index (χ0) is 18.6. The molecule has 26 heavy (non-hydrogen) atoms. The lowest BCUT2D eigenvalue weighted by atomic mass is 10.0. The molecule has 0 aliphatic carbocycles. The Bertz CT molecular complexity index is 637. The number of rotatable bonds is 11. The third-order valence-electron chi connectivity index (χ3n) is 4.76. The van der Waals surface area contributed by atoms with Crippen molar-refractivity contribution in [2.75, 3.05) is 0 Å². The summed E-state index contributed by atoms with van der Waals surface area (Å²) in [7, 11) is 0. The average Bonchev–Trinajstić information content (AvgIpc) is 2.70. The minimum Gasteiger partial charge on any atom is -0.287 e. The van der Waals surface area contributed by atoms with Gasteiger partial charge in [-0.3, -0.25) is 10.2 Å². The number of aryl methyl sites for hydroxylation is 1. The van der Waals surface area contributed by atoms with Gasteiger partial charge in [-0.2, -0.15) is 0 Å². The summed E-state index contributed by atoms with van der Waals surface area (Å²) in [6.07, 6.45) is 8.63. The molecule has 0 saturated carbocycles. The molecule has 0 saturated heterocycles. The Kier molecular flexibility index (Phi) is 8.91. The summed E-state index contributed by atoms with van der Waals surface area (Å²) in [5, 5.41) is 0. The molecule has 0 fully saturated rings. The second kappa shape index (κ2) is 11.5. The van der Waals surface area contributed by atoms with Crippen molar-refractivity contribution >= 4 is 5.91 Å². The van der Waals surface area contributed by atoms with Crippen LogP contribution in [0.25, 0.3) is 0 Å². The fourth-order valence-electron chi connectivity index (χ4n) is 3.08. The molecule has 0 radical (unpaired) electrons. The highest BCUT2D eigenvalue weighted by Gasteiger charge is 2.11. The van der Waals surface area contributed by atoms with Gasteiger partial charge in [-0.15, -0.1) is 0 Å². The van der Waals surface area contributed by atoms with Crippen LogP contribution in [-0.4, -0.2) is 5.91 Å². The summed E-state index contributed by atoms with van der Waals surface area (Å²) in [5.41, 5.74) is 9.26. The molecule has 2 aromatic rings. The highest BCUT2D eigenvalue weighted by atomic mass is 16.2. The minimum absolute atomic E-state index is 0.104. The summed E-state index contributed by atoms with van der Waals surface area (Å²) >= 11 is 0. The van der Waals surface area contributed by atoms with Gasteiger partial charge in [0.15, 0.2) is 0 Å². The van der Waals surface area contributed by atoms with Gasteiger partial charge in [0.05, 0.1) is 6.04 Å². The number of carbonyl (C=O) groups excluding carboxylic acids is 1. The fraction of sp³-hybridized carbons (Fsp3) is 0.435. The third kappa shape index (κ3) is 6.64. The lowest BCUT2D eigenvalue weighted by Crippen LogP contribution is -2.39. The van der Waals surface area contributed by atoms with E-state index in [-0.39, 0.29) is 11.9 Å². The Balaban J connectivity index is 1.82. The molecule has 0 unspecified atom stereocenters. The van der Waals surface area contributed by atoms with Crippen LogP contribution in [0.1, 0.15) is 79.9 Å². The summed E-state index contributed by atoms with van der Waals surface area (Å²) in [6.45, 7) is 4.37. The monoisotopic (exact) mass is 352 g/mol. The summed E-state index contributed by atoms with van der Waals surface area (Å²) in [5.74, 6) is -0.104. The molecule has 2 rings (SSSR count). The predicted molar refractivity (Wildman–Crippen MR) is 109 cm³/mol. The molecule has 140 valence electrons. The number of hydrogen-bond acceptors (Lipinski definition) is 2. The normalized spacial score (nSPS) is 11.9. The maximum Gasteiger partial charge on any atom is 0.265 e. The molecular formula is C23H32N2O. The molecule has 0 spiro atoms. The van der Waals surface area contributed by atoms with Crippen molar-refractivity contribution in [2.45, 2.75) is 64.8 Å². The molecule has 0 bridgehead atoms. The molecule has 0 heterocycles. The first-order valence-corrected chi connectivity index (χ1v) is 9.94. The Morgan fingerprint density at radius 1 is 0.885 bits per heavy atom. The number of hydrazine groups is 1. The van der Waals surface area contributed by atoms with Crippen LogP contribution in [0.2, 0.25) is 0 Å². The summed E-state index contributed by atoms with van der Waals surface area (Å²) in [4.78, 5) is 12.2. The van der Waals surface area contributed by atoms with E-state index in [1.54, 1.807) is 0 Å². The molecule has 0 aliphatic rings. The Labute approximate surface area is 158 Å². The van der Waals surface area contributed by atoms with E-state index in [1.807, 2.05) is 30.3 Å². The second-order valence-corrected chi connectivity index (χ2v) is 6.83. The summed E-state index contributed by atoms with van der Waals surface area (Å²) in [6, 6.07) is 18.2. The van der Waals surface area contributed by atoms with Gasteiger partial charge in [0.2, 0.25) is 0 Å². The second-order valence-electron chi connectivity index (χ2n) is 6.83. The van der Waals surface area contributed by atoms with Crippen LogP contribution >= 0.6 is 0 Å². The highest BCUT2D eigenvalue weighted by Crippen LogP contribution is 2.18. The molecule has 3 nitrogen and oxygen atoms in total. The molecular weight excluding hydrogens is 320 g/mol. The SMILES string of the molecule is CCCCCCCc1ccc([C@H](CC)NNC(=O)c2ccccc2)cc1. The van der Waals surface area contributed by atoms with Gasteiger partial charge in [-0.25, -0.2) is 5.43 Å². The zero-order valence-corrected chi connectivity index (χ0v) is 16.1. The Hall–Kier alpha value is -2.13. The maximum atomic E-state index is 12.2. The van der Waals surface area contributed by atoms with Crippen LogP contribution < -0.4 is 10.9 Å². The van der Waals surface area contributed by atoms with Gasteiger partial charge in [-0.05, 0) is 42.5 Å².